The van der Waals surface area contributed by atoms with Gasteiger partial charge in [0.1, 0.15) is 5.78 Å². The zero-order valence-corrected chi connectivity index (χ0v) is 13.6. The Hall–Kier alpha value is -1.41. The van der Waals surface area contributed by atoms with Crippen molar-refractivity contribution in [2.75, 3.05) is 20.1 Å². The molecule has 1 aliphatic heterocycles. The van der Waals surface area contributed by atoms with E-state index in [0.717, 1.165) is 36.7 Å². The van der Waals surface area contributed by atoms with Crippen molar-refractivity contribution < 1.29 is 9.28 Å². The Morgan fingerprint density at radius 1 is 1.41 bits per heavy atom. The lowest BCUT2D eigenvalue weighted by Gasteiger charge is -2.61. The third-order valence-corrected chi connectivity index (χ3v) is 6.82. The van der Waals surface area contributed by atoms with Crippen molar-refractivity contribution in [1.82, 2.24) is 0 Å². The van der Waals surface area contributed by atoms with Crippen LogP contribution >= 0.6 is 0 Å². The van der Waals surface area contributed by atoms with Crippen LogP contribution in [0.2, 0.25) is 0 Å². The van der Waals surface area contributed by atoms with Crippen LogP contribution in [0.25, 0.3) is 0 Å². The monoisotopic (exact) mass is 296 g/mol. The van der Waals surface area contributed by atoms with Gasteiger partial charge in [0, 0.05) is 37.0 Å². The molecule has 1 heterocycles. The average Bonchev–Trinajstić information content (AvgIpc) is 2.51. The van der Waals surface area contributed by atoms with Crippen LogP contribution in [-0.2, 0) is 16.6 Å². The molecule has 1 aromatic rings. The van der Waals surface area contributed by atoms with E-state index in [1.165, 1.54) is 24.1 Å². The number of ketones is 1. The van der Waals surface area contributed by atoms with Gasteiger partial charge in [-0.3, -0.25) is 4.79 Å². The molecule has 1 aromatic carbocycles. The zero-order chi connectivity index (χ0) is 15.4. The summed E-state index contributed by atoms with van der Waals surface area (Å²) < 4.78 is 1.11. The van der Waals surface area contributed by atoms with E-state index in [2.05, 4.69) is 44.0 Å². The first-order valence-corrected chi connectivity index (χ1v) is 8.64. The van der Waals surface area contributed by atoms with E-state index in [1.807, 2.05) is 0 Å². The second-order valence-corrected chi connectivity index (χ2v) is 7.87. The van der Waals surface area contributed by atoms with Gasteiger partial charge < -0.3 is 4.48 Å². The first-order chi connectivity index (χ1) is 10.6. The first-order valence-electron chi connectivity index (χ1n) is 8.64. The number of hydrogen-bond donors (Lipinski definition) is 0. The van der Waals surface area contributed by atoms with Crippen molar-refractivity contribution in [1.29, 1.82) is 0 Å². The molecule has 2 nitrogen and oxygen atoms in total. The van der Waals surface area contributed by atoms with Gasteiger partial charge in [0.15, 0.2) is 0 Å². The van der Waals surface area contributed by atoms with Crippen molar-refractivity contribution in [3.63, 3.8) is 0 Å². The normalized spacial score (nSPS) is 39.8. The van der Waals surface area contributed by atoms with E-state index >= 15 is 0 Å². The smallest absolute Gasteiger partial charge is 0.133 e. The van der Waals surface area contributed by atoms with Gasteiger partial charge in [-0.2, -0.15) is 0 Å². The predicted octanol–water partition coefficient (Wildman–Crippen LogP) is 3.25. The molecule has 22 heavy (non-hydrogen) atoms. The van der Waals surface area contributed by atoms with Crippen LogP contribution in [0.5, 0.6) is 0 Å². The summed E-state index contributed by atoms with van der Waals surface area (Å²) in [4.78, 5) is 12.3. The molecule has 2 aliphatic carbocycles. The van der Waals surface area contributed by atoms with Crippen molar-refractivity contribution in [2.45, 2.75) is 43.6 Å². The number of carbonyl (C=O) groups excluding carboxylic acids is 1. The lowest BCUT2D eigenvalue weighted by atomic mass is 9.51. The van der Waals surface area contributed by atoms with Crippen LogP contribution in [0.4, 0.5) is 0 Å². The fraction of sp³-hybridized carbons (Fsp3) is 0.550. The predicted molar refractivity (Wildman–Crippen MR) is 88.7 cm³/mol. The van der Waals surface area contributed by atoms with Crippen LogP contribution in [0.15, 0.2) is 36.9 Å². The van der Waals surface area contributed by atoms with Crippen LogP contribution in [-0.4, -0.2) is 36.4 Å². The molecule has 3 aliphatic rings. The van der Waals surface area contributed by atoms with Crippen molar-refractivity contribution in [3.05, 3.63) is 48.0 Å². The third kappa shape index (κ3) is 1.80. The number of benzene rings is 1. The molecule has 0 aromatic heterocycles. The first kappa shape index (κ1) is 14.2. The Balaban J connectivity index is 1.87. The molecule has 2 bridgehead atoms. The Labute approximate surface area is 133 Å². The molecule has 0 amide bonds. The number of likely N-dealkylation sites (N-methyl/N-ethyl adjacent to an activating group) is 1. The van der Waals surface area contributed by atoms with Gasteiger partial charge in [0.2, 0.25) is 0 Å². The van der Waals surface area contributed by atoms with Crippen LogP contribution in [0.1, 0.15) is 36.8 Å². The summed E-state index contributed by atoms with van der Waals surface area (Å²) in [5.41, 5.74) is 3.12. The largest absolute Gasteiger partial charge is 0.320 e. The van der Waals surface area contributed by atoms with Crippen molar-refractivity contribution >= 4 is 5.78 Å². The molecule has 0 radical (unpaired) electrons. The number of carbonyl (C=O) groups is 1. The summed E-state index contributed by atoms with van der Waals surface area (Å²) in [5.74, 6) is 1.14. The highest BCUT2D eigenvalue weighted by Gasteiger charge is 2.59. The lowest BCUT2D eigenvalue weighted by Crippen LogP contribution is -2.69. The summed E-state index contributed by atoms with van der Waals surface area (Å²) >= 11 is 0. The van der Waals surface area contributed by atoms with E-state index in [4.69, 9.17) is 0 Å². The molecule has 116 valence electrons. The maximum absolute atomic E-state index is 12.3. The van der Waals surface area contributed by atoms with Crippen molar-refractivity contribution in [3.8, 4) is 0 Å². The quantitative estimate of drug-likeness (QED) is 0.605. The molecule has 0 N–H and O–H groups in total. The van der Waals surface area contributed by atoms with Gasteiger partial charge in [-0.15, -0.1) is 0 Å². The minimum Gasteiger partial charge on any atom is -0.320 e. The number of likely N-dealkylation sites (tertiary alicyclic amines) is 1. The fourth-order valence-corrected chi connectivity index (χ4v) is 5.78. The van der Waals surface area contributed by atoms with Gasteiger partial charge in [-0.1, -0.05) is 30.8 Å². The van der Waals surface area contributed by atoms with Gasteiger partial charge >= 0.3 is 0 Å². The molecular formula is C20H26NO+. The molecule has 1 unspecified atom stereocenters. The Morgan fingerprint density at radius 2 is 2.23 bits per heavy atom. The summed E-state index contributed by atoms with van der Waals surface area (Å²) in [6.07, 6.45) is 7.06. The second kappa shape index (κ2) is 4.79. The molecule has 2 fully saturated rings. The maximum Gasteiger partial charge on any atom is 0.133 e. The standard InChI is InChI=1S/C20H26NO/c1-3-11-21(2)12-10-20-14-16(22)8-9-18(20)19(21)13-15-6-4-5-7-17(15)20/h3-7,18-19H,1,8-14H2,2H3/q+1/t18-,19+,20+,21?/m0/s1. The summed E-state index contributed by atoms with van der Waals surface area (Å²) in [6.45, 7) is 6.22. The fourth-order valence-electron chi connectivity index (χ4n) is 5.78. The Bertz CT molecular complexity index is 636. The Morgan fingerprint density at radius 3 is 3.05 bits per heavy atom. The number of nitrogens with zero attached hydrogens (tertiary/aromatic N) is 1. The number of hydrogen-bond acceptors (Lipinski definition) is 1. The molecule has 2 heteroatoms. The highest BCUT2D eigenvalue weighted by Crippen LogP contribution is 2.56. The minimum absolute atomic E-state index is 0.133. The minimum atomic E-state index is 0.133. The SMILES string of the molecule is C=CC[N+]1(C)CC[C@]23CC(=O)CC[C@H]2[C@H]1Cc1ccccc13. The summed E-state index contributed by atoms with van der Waals surface area (Å²) in [5, 5.41) is 0. The van der Waals surface area contributed by atoms with Crippen LogP contribution in [0, 0.1) is 5.92 Å². The van der Waals surface area contributed by atoms with E-state index in [0.29, 0.717) is 17.7 Å². The number of quaternary nitrogens is 1. The Kier molecular flexibility index (Phi) is 3.09. The third-order valence-electron chi connectivity index (χ3n) is 6.82. The van der Waals surface area contributed by atoms with E-state index in [1.54, 1.807) is 0 Å². The maximum atomic E-state index is 12.3. The second-order valence-electron chi connectivity index (χ2n) is 7.87. The number of piperidine rings is 1. The number of fused-ring (bicyclic) bond motifs is 1. The van der Waals surface area contributed by atoms with Crippen LogP contribution < -0.4 is 0 Å². The van der Waals surface area contributed by atoms with Crippen LogP contribution in [0.3, 0.4) is 0 Å². The topological polar surface area (TPSA) is 17.1 Å². The molecule has 1 saturated carbocycles. The van der Waals surface area contributed by atoms with E-state index in [-0.39, 0.29) is 5.41 Å². The van der Waals surface area contributed by atoms with E-state index < -0.39 is 0 Å². The summed E-state index contributed by atoms with van der Waals surface area (Å²) in [6, 6.07) is 9.57. The van der Waals surface area contributed by atoms with Gasteiger partial charge in [-0.25, -0.2) is 0 Å². The molecule has 0 spiro atoms. The number of Topliss-reactive ketones (excluding diaryl/α,β-unsaturated/α-hetero) is 1. The van der Waals surface area contributed by atoms with Gasteiger partial charge in [0.05, 0.1) is 26.2 Å². The molecular weight excluding hydrogens is 270 g/mol. The average molecular weight is 296 g/mol. The van der Waals surface area contributed by atoms with Crippen molar-refractivity contribution in [2.24, 2.45) is 5.92 Å². The number of rotatable bonds is 2. The molecule has 1 saturated heterocycles. The highest BCUT2D eigenvalue weighted by molar-refractivity contribution is 5.81. The molecule has 4 atom stereocenters. The highest BCUT2D eigenvalue weighted by atomic mass is 16.1. The van der Waals surface area contributed by atoms with Gasteiger partial charge in [0.25, 0.3) is 0 Å². The molecule has 4 rings (SSSR count). The zero-order valence-electron chi connectivity index (χ0n) is 13.6. The van der Waals surface area contributed by atoms with Gasteiger partial charge in [-0.05, 0) is 23.6 Å². The lowest BCUT2D eigenvalue weighted by molar-refractivity contribution is -0.939. The summed E-state index contributed by atoms with van der Waals surface area (Å²) in [7, 11) is 2.40. The van der Waals surface area contributed by atoms with E-state index in [9.17, 15) is 4.79 Å².